The van der Waals surface area contributed by atoms with Crippen molar-refractivity contribution < 1.29 is 23.8 Å². The molecule has 6 heteroatoms. The Morgan fingerprint density at radius 2 is 1.88 bits per heavy atom. The SMILES string of the molecule is CN(C(=O)c1ccc(-c2ccc(F)cc2)o1)[C@@H]1CCC[C@@H](O)[C@@H]1O. The van der Waals surface area contributed by atoms with Crippen molar-refractivity contribution in [2.75, 3.05) is 7.05 Å². The minimum absolute atomic E-state index is 0.143. The minimum atomic E-state index is -0.959. The van der Waals surface area contributed by atoms with Gasteiger partial charge in [-0.05, 0) is 55.7 Å². The first-order chi connectivity index (χ1) is 11.5. The lowest BCUT2D eigenvalue weighted by Gasteiger charge is -2.37. The second-order valence-corrected chi connectivity index (χ2v) is 6.14. The summed E-state index contributed by atoms with van der Waals surface area (Å²) in [4.78, 5) is 14.0. The number of hydrogen-bond donors (Lipinski definition) is 2. The van der Waals surface area contributed by atoms with Crippen molar-refractivity contribution in [3.63, 3.8) is 0 Å². The molecule has 1 heterocycles. The molecule has 2 N–H and O–H groups in total. The van der Waals surface area contributed by atoms with Crippen LogP contribution in [0.3, 0.4) is 0 Å². The Bertz CT molecular complexity index is 712. The molecule has 1 saturated carbocycles. The van der Waals surface area contributed by atoms with Crippen LogP contribution in [0.5, 0.6) is 0 Å². The van der Waals surface area contributed by atoms with E-state index in [0.29, 0.717) is 24.2 Å². The van der Waals surface area contributed by atoms with Crippen LogP contribution >= 0.6 is 0 Å². The van der Waals surface area contributed by atoms with E-state index in [-0.39, 0.29) is 17.5 Å². The molecule has 3 rings (SSSR count). The van der Waals surface area contributed by atoms with Gasteiger partial charge in [0.2, 0.25) is 0 Å². The fourth-order valence-corrected chi connectivity index (χ4v) is 3.10. The molecule has 1 aromatic heterocycles. The molecular formula is C18H20FNO4. The molecule has 0 bridgehead atoms. The van der Waals surface area contributed by atoms with Crippen LogP contribution in [0.1, 0.15) is 29.8 Å². The van der Waals surface area contributed by atoms with E-state index in [1.807, 2.05) is 0 Å². The monoisotopic (exact) mass is 333 g/mol. The van der Waals surface area contributed by atoms with Crippen LogP contribution in [-0.4, -0.2) is 46.3 Å². The average Bonchev–Trinajstić information content (AvgIpc) is 3.06. The summed E-state index contributed by atoms with van der Waals surface area (Å²) in [5.74, 6) is -0.0900. The second kappa shape index (κ2) is 6.75. The van der Waals surface area contributed by atoms with Gasteiger partial charge in [0.05, 0.1) is 12.1 Å². The van der Waals surface area contributed by atoms with Crippen LogP contribution in [0.15, 0.2) is 40.8 Å². The van der Waals surface area contributed by atoms with Crippen molar-refractivity contribution in [3.05, 3.63) is 48.0 Å². The third kappa shape index (κ3) is 3.20. The van der Waals surface area contributed by atoms with Gasteiger partial charge in [-0.2, -0.15) is 0 Å². The average molecular weight is 333 g/mol. The predicted octanol–water partition coefficient (Wildman–Crippen LogP) is 2.43. The highest BCUT2D eigenvalue weighted by molar-refractivity contribution is 5.92. The predicted molar refractivity (Wildman–Crippen MR) is 85.8 cm³/mol. The minimum Gasteiger partial charge on any atom is -0.451 e. The lowest BCUT2D eigenvalue weighted by atomic mass is 9.89. The fourth-order valence-electron chi connectivity index (χ4n) is 3.10. The summed E-state index contributed by atoms with van der Waals surface area (Å²) >= 11 is 0. The van der Waals surface area contributed by atoms with Gasteiger partial charge in [-0.3, -0.25) is 4.79 Å². The van der Waals surface area contributed by atoms with Crippen LogP contribution in [0.2, 0.25) is 0 Å². The number of halogens is 1. The lowest BCUT2D eigenvalue weighted by molar-refractivity contribution is -0.0530. The molecule has 24 heavy (non-hydrogen) atoms. The van der Waals surface area contributed by atoms with Gasteiger partial charge in [0.25, 0.3) is 5.91 Å². The first kappa shape index (κ1) is 16.7. The van der Waals surface area contributed by atoms with E-state index in [0.717, 1.165) is 6.42 Å². The van der Waals surface area contributed by atoms with Crippen LogP contribution in [-0.2, 0) is 0 Å². The van der Waals surface area contributed by atoms with Crippen molar-refractivity contribution in [1.82, 2.24) is 4.90 Å². The zero-order valence-corrected chi connectivity index (χ0v) is 13.4. The molecule has 1 aromatic carbocycles. The standard InChI is InChI=1S/C18H20FNO4/c1-20(13-3-2-4-14(21)17(13)22)18(23)16-10-9-15(24-16)11-5-7-12(19)8-6-11/h5-10,13-14,17,21-22H,2-4H2,1H3/t13-,14-,17-/m1/s1. The summed E-state index contributed by atoms with van der Waals surface area (Å²) in [5, 5.41) is 19.9. The van der Waals surface area contributed by atoms with Gasteiger partial charge in [0, 0.05) is 12.6 Å². The van der Waals surface area contributed by atoms with Gasteiger partial charge in [0.15, 0.2) is 5.76 Å². The fraction of sp³-hybridized carbons (Fsp3) is 0.389. The number of aliphatic hydroxyl groups is 2. The second-order valence-electron chi connectivity index (χ2n) is 6.14. The van der Waals surface area contributed by atoms with Gasteiger partial charge >= 0.3 is 0 Å². The third-order valence-corrected chi connectivity index (χ3v) is 4.55. The summed E-state index contributed by atoms with van der Waals surface area (Å²) in [6, 6.07) is 8.57. The van der Waals surface area contributed by atoms with E-state index in [9.17, 15) is 19.4 Å². The lowest BCUT2D eigenvalue weighted by Crippen LogP contribution is -2.51. The van der Waals surface area contributed by atoms with Crippen LogP contribution < -0.4 is 0 Å². The van der Waals surface area contributed by atoms with Gasteiger partial charge in [-0.15, -0.1) is 0 Å². The van der Waals surface area contributed by atoms with Crippen molar-refractivity contribution in [2.45, 2.75) is 37.5 Å². The molecule has 1 amide bonds. The number of nitrogens with zero attached hydrogens (tertiary/aromatic N) is 1. The van der Waals surface area contributed by atoms with E-state index >= 15 is 0 Å². The number of carbonyl (C=O) groups excluding carboxylic acids is 1. The molecular weight excluding hydrogens is 313 g/mol. The zero-order valence-electron chi connectivity index (χ0n) is 13.4. The molecule has 1 aliphatic carbocycles. The number of rotatable bonds is 3. The molecule has 1 fully saturated rings. The summed E-state index contributed by atoms with van der Waals surface area (Å²) in [6.45, 7) is 0. The third-order valence-electron chi connectivity index (χ3n) is 4.55. The maximum atomic E-state index is 13.0. The largest absolute Gasteiger partial charge is 0.451 e. The summed E-state index contributed by atoms with van der Waals surface area (Å²) in [7, 11) is 1.59. The Hall–Kier alpha value is -2.18. The summed E-state index contributed by atoms with van der Waals surface area (Å²) in [5.41, 5.74) is 0.672. The first-order valence-electron chi connectivity index (χ1n) is 7.96. The first-order valence-corrected chi connectivity index (χ1v) is 7.96. The molecule has 0 unspecified atom stereocenters. The van der Waals surface area contributed by atoms with Crippen LogP contribution in [0, 0.1) is 5.82 Å². The van der Waals surface area contributed by atoms with E-state index < -0.39 is 18.2 Å². The summed E-state index contributed by atoms with van der Waals surface area (Å²) < 4.78 is 18.6. The molecule has 0 aliphatic heterocycles. The van der Waals surface area contributed by atoms with Crippen molar-refractivity contribution >= 4 is 5.91 Å². The maximum absolute atomic E-state index is 13.0. The molecule has 5 nitrogen and oxygen atoms in total. The number of carbonyl (C=O) groups is 1. The molecule has 2 aromatic rings. The molecule has 1 aliphatic rings. The Labute approximate surface area is 139 Å². The highest BCUT2D eigenvalue weighted by Gasteiger charge is 2.35. The van der Waals surface area contributed by atoms with Crippen molar-refractivity contribution in [1.29, 1.82) is 0 Å². The Kier molecular flexibility index (Phi) is 4.69. The highest BCUT2D eigenvalue weighted by Crippen LogP contribution is 2.26. The van der Waals surface area contributed by atoms with E-state index in [1.54, 1.807) is 31.3 Å². The van der Waals surface area contributed by atoms with E-state index in [1.165, 1.54) is 17.0 Å². The number of hydrogen-bond acceptors (Lipinski definition) is 4. The topological polar surface area (TPSA) is 73.9 Å². The molecule has 0 saturated heterocycles. The van der Waals surface area contributed by atoms with Gasteiger partial charge in [-0.25, -0.2) is 4.39 Å². The zero-order chi connectivity index (χ0) is 17.3. The number of likely N-dealkylation sites (N-methyl/N-ethyl adjacent to an activating group) is 1. The van der Waals surface area contributed by atoms with Gasteiger partial charge < -0.3 is 19.5 Å². The molecule has 0 radical (unpaired) electrons. The number of amides is 1. The van der Waals surface area contributed by atoms with Crippen molar-refractivity contribution in [2.24, 2.45) is 0 Å². The van der Waals surface area contributed by atoms with Gasteiger partial charge in [-0.1, -0.05) is 0 Å². The molecule has 128 valence electrons. The van der Waals surface area contributed by atoms with Crippen LogP contribution in [0.4, 0.5) is 4.39 Å². The Morgan fingerprint density at radius 3 is 2.58 bits per heavy atom. The maximum Gasteiger partial charge on any atom is 0.289 e. The van der Waals surface area contributed by atoms with Gasteiger partial charge in [0.1, 0.15) is 17.7 Å². The highest BCUT2D eigenvalue weighted by atomic mass is 19.1. The number of aliphatic hydroxyl groups excluding tert-OH is 2. The Balaban J connectivity index is 1.76. The van der Waals surface area contributed by atoms with E-state index in [2.05, 4.69) is 0 Å². The summed E-state index contributed by atoms with van der Waals surface area (Å²) in [6.07, 6.45) is 0.144. The van der Waals surface area contributed by atoms with Crippen molar-refractivity contribution in [3.8, 4) is 11.3 Å². The quantitative estimate of drug-likeness (QED) is 0.905. The van der Waals surface area contributed by atoms with E-state index in [4.69, 9.17) is 4.42 Å². The smallest absolute Gasteiger partial charge is 0.289 e. The van der Waals surface area contributed by atoms with Crippen LogP contribution in [0.25, 0.3) is 11.3 Å². The Morgan fingerprint density at radius 1 is 1.17 bits per heavy atom. The normalized spacial score (nSPS) is 23.9. The number of benzene rings is 1. The number of furan rings is 1. The molecule has 3 atom stereocenters. The molecule has 0 spiro atoms.